The third-order valence-electron chi connectivity index (χ3n) is 2.05. The lowest BCUT2D eigenvalue weighted by molar-refractivity contribution is 0.290. The highest BCUT2D eigenvalue weighted by Gasteiger charge is 2.28. The van der Waals surface area contributed by atoms with Crippen LogP contribution in [-0.2, 0) is 11.2 Å². The molecule has 0 bridgehead atoms. The van der Waals surface area contributed by atoms with Gasteiger partial charge in [0.15, 0.2) is 0 Å². The number of hydrogen-bond donors (Lipinski definition) is 1. The van der Waals surface area contributed by atoms with Crippen LogP contribution in [0.15, 0.2) is 28.7 Å². The lowest BCUT2D eigenvalue weighted by Crippen LogP contribution is -2.21. The fraction of sp³-hybridized carbons (Fsp3) is 0.364. The largest absolute Gasteiger partial charge is 0.478 e. The first-order valence-corrected chi connectivity index (χ1v) is 6.86. The van der Waals surface area contributed by atoms with Gasteiger partial charge in [0.1, 0.15) is 0 Å². The van der Waals surface area contributed by atoms with E-state index in [4.69, 9.17) is 44.9 Å². The molecule has 0 aliphatic heterocycles. The van der Waals surface area contributed by atoms with Crippen LogP contribution in [-0.4, -0.2) is 16.3 Å². The summed E-state index contributed by atoms with van der Waals surface area (Å²) in [7, 11) is 0. The Balaban J connectivity index is 2.30. The van der Waals surface area contributed by atoms with Gasteiger partial charge in [-0.3, -0.25) is 5.41 Å². The predicted molar refractivity (Wildman–Crippen MR) is 76.4 cm³/mol. The van der Waals surface area contributed by atoms with Crippen molar-refractivity contribution >= 4 is 56.6 Å². The Kier molecular flexibility index (Phi) is 6.07. The summed E-state index contributed by atoms with van der Waals surface area (Å²) in [4.78, 5) is 0. The maximum Gasteiger partial charge on any atom is 0.265 e. The van der Waals surface area contributed by atoms with Crippen LogP contribution in [0, 0.1) is 5.41 Å². The molecule has 1 rings (SSSR count). The van der Waals surface area contributed by atoms with E-state index in [9.17, 15) is 0 Å². The SMILES string of the molecule is N=C(OCCCc1ccccc1Br)C(Cl)(Cl)Cl. The Morgan fingerprint density at radius 2 is 1.94 bits per heavy atom. The molecule has 0 heterocycles. The molecule has 0 aromatic heterocycles. The zero-order chi connectivity index (χ0) is 12.9. The van der Waals surface area contributed by atoms with Crippen molar-refractivity contribution in [2.75, 3.05) is 6.61 Å². The van der Waals surface area contributed by atoms with E-state index in [2.05, 4.69) is 15.9 Å². The minimum absolute atomic E-state index is 0.338. The molecule has 0 amide bonds. The molecule has 0 spiro atoms. The van der Waals surface area contributed by atoms with Gasteiger partial charge in [-0.2, -0.15) is 0 Å². The maximum absolute atomic E-state index is 7.34. The van der Waals surface area contributed by atoms with Gasteiger partial charge >= 0.3 is 0 Å². The number of hydrogen-bond acceptors (Lipinski definition) is 2. The molecule has 0 radical (unpaired) electrons. The molecule has 0 atom stereocenters. The molecule has 0 fully saturated rings. The lowest BCUT2D eigenvalue weighted by Gasteiger charge is -2.13. The highest BCUT2D eigenvalue weighted by atomic mass is 79.9. The van der Waals surface area contributed by atoms with Gasteiger partial charge in [0, 0.05) is 4.47 Å². The molecule has 0 saturated heterocycles. The molecule has 1 N–H and O–H groups in total. The summed E-state index contributed by atoms with van der Waals surface area (Å²) in [6.07, 6.45) is 1.60. The number of ether oxygens (including phenoxy) is 1. The van der Waals surface area contributed by atoms with Gasteiger partial charge in [0.05, 0.1) is 6.61 Å². The Morgan fingerprint density at radius 3 is 2.53 bits per heavy atom. The molecule has 6 heteroatoms. The molecular formula is C11H11BrCl3NO. The third kappa shape index (κ3) is 5.47. The monoisotopic (exact) mass is 357 g/mol. The third-order valence-corrected chi connectivity index (χ3v) is 3.34. The highest BCUT2D eigenvalue weighted by molar-refractivity contribution is 9.10. The van der Waals surface area contributed by atoms with Crippen molar-refractivity contribution in [1.29, 1.82) is 5.41 Å². The van der Waals surface area contributed by atoms with Crippen LogP contribution >= 0.6 is 50.7 Å². The summed E-state index contributed by atoms with van der Waals surface area (Å²) in [6, 6.07) is 7.96. The predicted octanol–water partition coefficient (Wildman–Crippen LogP) is 4.75. The summed E-state index contributed by atoms with van der Waals surface area (Å²) in [5.41, 5.74) is 1.19. The van der Waals surface area contributed by atoms with E-state index in [0.29, 0.717) is 6.61 Å². The van der Waals surface area contributed by atoms with Crippen LogP contribution in [0.3, 0.4) is 0 Å². The van der Waals surface area contributed by atoms with Crippen molar-refractivity contribution < 1.29 is 4.74 Å². The first-order valence-electron chi connectivity index (χ1n) is 4.93. The average Bonchev–Trinajstić information content (AvgIpc) is 2.25. The second-order valence-electron chi connectivity index (χ2n) is 3.37. The fourth-order valence-electron chi connectivity index (χ4n) is 1.22. The van der Waals surface area contributed by atoms with Gasteiger partial charge in [0.25, 0.3) is 3.79 Å². The van der Waals surface area contributed by atoms with Crippen molar-refractivity contribution in [2.45, 2.75) is 16.6 Å². The minimum Gasteiger partial charge on any atom is -0.478 e. The molecule has 2 nitrogen and oxygen atoms in total. The van der Waals surface area contributed by atoms with Gasteiger partial charge in [-0.1, -0.05) is 68.9 Å². The van der Waals surface area contributed by atoms with Crippen LogP contribution in [0.25, 0.3) is 0 Å². The summed E-state index contributed by atoms with van der Waals surface area (Å²) < 4.78 is 4.34. The van der Waals surface area contributed by atoms with Gasteiger partial charge in [-0.25, -0.2) is 0 Å². The first kappa shape index (κ1) is 15.1. The zero-order valence-corrected chi connectivity index (χ0v) is 12.7. The Morgan fingerprint density at radius 1 is 1.29 bits per heavy atom. The summed E-state index contributed by atoms with van der Waals surface area (Å²) in [5, 5.41) is 7.34. The molecule has 1 aromatic rings. The highest BCUT2D eigenvalue weighted by Crippen LogP contribution is 2.27. The van der Waals surface area contributed by atoms with E-state index >= 15 is 0 Å². The molecular weight excluding hydrogens is 348 g/mol. The van der Waals surface area contributed by atoms with Crippen molar-refractivity contribution in [3.8, 4) is 0 Å². The van der Waals surface area contributed by atoms with E-state index in [1.807, 2.05) is 24.3 Å². The molecule has 0 aliphatic rings. The molecule has 0 aliphatic carbocycles. The van der Waals surface area contributed by atoms with Gasteiger partial charge < -0.3 is 4.74 Å². The van der Waals surface area contributed by atoms with Gasteiger partial charge in [-0.15, -0.1) is 0 Å². The second kappa shape index (κ2) is 6.83. The summed E-state index contributed by atoms with van der Waals surface area (Å²) in [6.45, 7) is 0.355. The maximum atomic E-state index is 7.34. The minimum atomic E-state index is -1.77. The van der Waals surface area contributed by atoms with Crippen LogP contribution in [0.1, 0.15) is 12.0 Å². The van der Waals surface area contributed by atoms with Crippen LogP contribution < -0.4 is 0 Å². The van der Waals surface area contributed by atoms with Crippen molar-refractivity contribution in [3.63, 3.8) is 0 Å². The van der Waals surface area contributed by atoms with Crippen LogP contribution in [0.5, 0.6) is 0 Å². The zero-order valence-electron chi connectivity index (χ0n) is 8.85. The fourth-order valence-corrected chi connectivity index (χ4v) is 1.87. The quantitative estimate of drug-likeness (QED) is 0.358. The normalized spacial score (nSPS) is 11.3. The number of nitrogens with one attached hydrogen (secondary N) is 1. The number of aryl methyl sites for hydroxylation is 1. The molecule has 0 saturated carbocycles. The van der Waals surface area contributed by atoms with Crippen molar-refractivity contribution in [1.82, 2.24) is 0 Å². The van der Waals surface area contributed by atoms with Crippen LogP contribution in [0.2, 0.25) is 0 Å². The average molecular weight is 359 g/mol. The van der Waals surface area contributed by atoms with Crippen LogP contribution in [0.4, 0.5) is 0 Å². The number of halogens is 4. The second-order valence-corrected chi connectivity index (χ2v) is 6.51. The van der Waals surface area contributed by atoms with E-state index in [1.54, 1.807) is 0 Å². The summed E-state index contributed by atoms with van der Waals surface area (Å²) >= 11 is 19.9. The molecule has 17 heavy (non-hydrogen) atoms. The lowest BCUT2D eigenvalue weighted by atomic mass is 10.1. The Hall–Kier alpha value is 0.0400. The standard InChI is InChI=1S/C11H11BrCl3NO/c12-9-6-2-1-4-8(9)5-3-7-17-10(16)11(13,14)15/h1-2,4,6,16H,3,5,7H2. The number of alkyl halides is 3. The summed E-state index contributed by atoms with van der Waals surface area (Å²) in [5.74, 6) is -0.338. The molecule has 94 valence electrons. The Labute approximate surface area is 124 Å². The van der Waals surface area contributed by atoms with Crippen molar-refractivity contribution in [3.05, 3.63) is 34.3 Å². The smallest absolute Gasteiger partial charge is 0.265 e. The van der Waals surface area contributed by atoms with Gasteiger partial charge in [-0.05, 0) is 24.5 Å². The van der Waals surface area contributed by atoms with E-state index in [1.165, 1.54) is 5.56 Å². The molecule has 1 aromatic carbocycles. The van der Waals surface area contributed by atoms with Crippen molar-refractivity contribution in [2.24, 2.45) is 0 Å². The van der Waals surface area contributed by atoms with Gasteiger partial charge in [0.2, 0.25) is 5.90 Å². The van der Waals surface area contributed by atoms with E-state index < -0.39 is 3.79 Å². The topological polar surface area (TPSA) is 33.1 Å². The molecule has 0 unspecified atom stereocenters. The Bertz CT molecular complexity index is 393. The first-order chi connectivity index (χ1) is 7.91. The van der Waals surface area contributed by atoms with E-state index in [-0.39, 0.29) is 5.90 Å². The number of benzene rings is 1. The van der Waals surface area contributed by atoms with E-state index in [0.717, 1.165) is 17.3 Å². The number of rotatable bonds is 4.